The van der Waals surface area contributed by atoms with Gasteiger partial charge in [0.15, 0.2) is 5.65 Å². The normalized spacial score (nSPS) is 10.7. The number of nitrogens with zero attached hydrogens (tertiary/aromatic N) is 3. The third kappa shape index (κ3) is 1.36. The molecule has 0 fully saturated rings. The van der Waals surface area contributed by atoms with Crippen LogP contribution < -0.4 is 0 Å². The molecule has 0 aliphatic rings. The number of H-pyrrole nitrogens is 1. The predicted molar refractivity (Wildman–Crippen MR) is 57.1 cm³/mol. The molecule has 0 saturated heterocycles. The highest BCUT2D eigenvalue weighted by Crippen LogP contribution is 2.20. The zero-order valence-corrected chi connectivity index (χ0v) is 7.88. The predicted octanol–water partition coefficient (Wildman–Crippen LogP) is 2.02. The van der Waals surface area contributed by atoms with Crippen LogP contribution in [-0.4, -0.2) is 19.9 Å². The molecular formula is C11H8N4. The molecule has 4 heteroatoms. The molecule has 3 aromatic rings. The minimum Gasteiger partial charge on any atom is -0.338 e. The van der Waals surface area contributed by atoms with E-state index in [0.29, 0.717) is 0 Å². The SMILES string of the molecule is c1cc(-c2cc3nccnc3[nH]2)ccn1. The number of nitrogens with one attached hydrogen (secondary N) is 1. The number of hydrogen-bond donors (Lipinski definition) is 1. The molecule has 0 unspecified atom stereocenters. The van der Waals surface area contributed by atoms with Crippen LogP contribution in [0.3, 0.4) is 0 Å². The monoisotopic (exact) mass is 196 g/mol. The van der Waals surface area contributed by atoms with Crippen LogP contribution in [0.5, 0.6) is 0 Å². The largest absolute Gasteiger partial charge is 0.338 e. The second-order valence-electron chi connectivity index (χ2n) is 3.21. The molecule has 0 bridgehead atoms. The summed E-state index contributed by atoms with van der Waals surface area (Å²) < 4.78 is 0. The maximum Gasteiger partial charge on any atom is 0.156 e. The minimum absolute atomic E-state index is 0.810. The van der Waals surface area contributed by atoms with Gasteiger partial charge in [0.1, 0.15) is 5.52 Å². The van der Waals surface area contributed by atoms with Crippen molar-refractivity contribution in [3.05, 3.63) is 43.0 Å². The van der Waals surface area contributed by atoms with Crippen LogP contribution >= 0.6 is 0 Å². The lowest BCUT2D eigenvalue weighted by Gasteiger charge is -1.93. The molecule has 0 atom stereocenters. The first-order chi connectivity index (χ1) is 7.43. The molecule has 0 aromatic carbocycles. The molecule has 72 valence electrons. The highest BCUT2D eigenvalue weighted by atomic mass is 14.9. The summed E-state index contributed by atoms with van der Waals surface area (Å²) in [4.78, 5) is 15.6. The Balaban J connectivity index is 2.21. The Labute approximate surface area is 86.0 Å². The Morgan fingerprint density at radius 1 is 0.933 bits per heavy atom. The first kappa shape index (κ1) is 8.11. The molecule has 15 heavy (non-hydrogen) atoms. The van der Waals surface area contributed by atoms with Crippen LogP contribution in [0.4, 0.5) is 0 Å². The van der Waals surface area contributed by atoms with Gasteiger partial charge in [-0.15, -0.1) is 0 Å². The lowest BCUT2D eigenvalue weighted by Crippen LogP contribution is -1.78. The summed E-state index contributed by atoms with van der Waals surface area (Å²) in [5, 5.41) is 0. The van der Waals surface area contributed by atoms with E-state index in [9.17, 15) is 0 Å². The highest BCUT2D eigenvalue weighted by Gasteiger charge is 2.03. The van der Waals surface area contributed by atoms with Gasteiger partial charge in [-0.3, -0.25) is 9.97 Å². The van der Waals surface area contributed by atoms with Gasteiger partial charge in [0.2, 0.25) is 0 Å². The van der Waals surface area contributed by atoms with Crippen molar-refractivity contribution in [3.63, 3.8) is 0 Å². The van der Waals surface area contributed by atoms with E-state index in [1.807, 2.05) is 18.2 Å². The molecule has 3 aromatic heterocycles. The lowest BCUT2D eigenvalue weighted by atomic mass is 10.2. The van der Waals surface area contributed by atoms with Gasteiger partial charge in [0.25, 0.3) is 0 Å². The second kappa shape index (κ2) is 3.16. The van der Waals surface area contributed by atoms with Gasteiger partial charge >= 0.3 is 0 Å². The van der Waals surface area contributed by atoms with Crippen LogP contribution in [0.2, 0.25) is 0 Å². The zero-order chi connectivity index (χ0) is 10.1. The number of rotatable bonds is 1. The van der Waals surface area contributed by atoms with Gasteiger partial charge in [-0.25, -0.2) is 4.98 Å². The third-order valence-corrected chi connectivity index (χ3v) is 2.25. The summed E-state index contributed by atoms with van der Waals surface area (Å²) in [5.74, 6) is 0. The number of pyridine rings is 1. The standard InChI is InChI=1S/C11H8N4/c1-3-12-4-2-8(1)9-7-10-11(15-9)14-6-5-13-10/h1-7H,(H,14,15). The maximum atomic E-state index is 4.22. The van der Waals surface area contributed by atoms with Crippen LogP contribution in [0.25, 0.3) is 22.4 Å². The Morgan fingerprint density at radius 2 is 1.73 bits per heavy atom. The molecule has 0 spiro atoms. The van der Waals surface area contributed by atoms with Crippen molar-refractivity contribution in [2.75, 3.05) is 0 Å². The van der Waals surface area contributed by atoms with E-state index in [2.05, 4.69) is 19.9 Å². The molecule has 1 N–H and O–H groups in total. The Morgan fingerprint density at radius 3 is 2.53 bits per heavy atom. The average molecular weight is 196 g/mol. The van der Waals surface area contributed by atoms with Crippen LogP contribution in [0, 0.1) is 0 Å². The minimum atomic E-state index is 0.810. The van der Waals surface area contributed by atoms with Crippen molar-refractivity contribution in [1.29, 1.82) is 0 Å². The summed E-state index contributed by atoms with van der Waals surface area (Å²) in [6, 6.07) is 5.88. The zero-order valence-electron chi connectivity index (χ0n) is 7.88. The van der Waals surface area contributed by atoms with Gasteiger partial charge in [0, 0.05) is 36.0 Å². The van der Waals surface area contributed by atoms with Crippen LogP contribution in [0.15, 0.2) is 43.0 Å². The Hall–Kier alpha value is -2.23. The lowest BCUT2D eigenvalue weighted by molar-refractivity contribution is 1.26. The first-order valence-electron chi connectivity index (χ1n) is 4.63. The summed E-state index contributed by atoms with van der Waals surface area (Å²) >= 11 is 0. The first-order valence-corrected chi connectivity index (χ1v) is 4.63. The fourth-order valence-electron chi connectivity index (χ4n) is 1.54. The molecule has 0 aliphatic heterocycles. The van der Waals surface area contributed by atoms with Gasteiger partial charge in [-0.1, -0.05) is 0 Å². The number of aromatic nitrogens is 4. The van der Waals surface area contributed by atoms with E-state index in [1.54, 1.807) is 24.8 Å². The van der Waals surface area contributed by atoms with Crippen molar-refractivity contribution in [1.82, 2.24) is 19.9 Å². The highest BCUT2D eigenvalue weighted by molar-refractivity contribution is 5.79. The van der Waals surface area contributed by atoms with Crippen LogP contribution in [0.1, 0.15) is 0 Å². The number of aromatic amines is 1. The molecule has 0 saturated carbocycles. The van der Waals surface area contributed by atoms with Crippen molar-refractivity contribution >= 4 is 11.2 Å². The maximum absolute atomic E-state index is 4.22. The van der Waals surface area contributed by atoms with Gasteiger partial charge < -0.3 is 4.98 Å². The molecule has 0 radical (unpaired) electrons. The molecule has 4 nitrogen and oxygen atoms in total. The van der Waals surface area contributed by atoms with Gasteiger partial charge in [-0.2, -0.15) is 0 Å². The molecule has 0 amide bonds. The van der Waals surface area contributed by atoms with Crippen molar-refractivity contribution in [2.24, 2.45) is 0 Å². The van der Waals surface area contributed by atoms with Gasteiger partial charge in [0.05, 0.1) is 0 Å². The Kier molecular flexibility index (Phi) is 1.71. The van der Waals surface area contributed by atoms with E-state index in [-0.39, 0.29) is 0 Å². The van der Waals surface area contributed by atoms with E-state index < -0.39 is 0 Å². The molecular weight excluding hydrogens is 188 g/mol. The average Bonchev–Trinajstić information content (AvgIpc) is 2.74. The topological polar surface area (TPSA) is 54.5 Å². The Bertz CT molecular complexity index is 553. The second-order valence-corrected chi connectivity index (χ2v) is 3.21. The van der Waals surface area contributed by atoms with Crippen molar-refractivity contribution in [3.8, 4) is 11.3 Å². The third-order valence-electron chi connectivity index (χ3n) is 2.25. The van der Waals surface area contributed by atoms with Crippen LogP contribution in [-0.2, 0) is 0 Å². The van der Waals surface area contributed by atoms with E-state index in [4.69, 9.17) is 0 Å². The van der Waals surface area contributed by atoms with E-state index >= 15 is 0 Å². The van der Waals surface area contributed by atoms with E-state index in [1.165, 1.54) is 0 Å². The summed E-state index contributed by atoms with van der Waals surface area (Å²) in [6.07, 6.45) is 6.89. The summed E-state index contributed by atoms with van der Waals surface area (Å²) in [5.41, 5.74) is 3.79. The van der Waals surface area contributed by atoms with Crippen molar-refractivity contribution < 1.29 is 0 Å². The van der Waals surface area contributed by atoms with Gasteiger partial charge in [-0.05, 0) is 18.2 Å². The quantitative estimate of drug-likeness (QED) is 0.647. The fourth-order valence-corrected chi connectivity index (χ4v) is 1.54. The number of hydrogen-bond acceptors (Lipinski definition) is 3. The smallest absolute Gasteiger partial charge is 0.156 e. The van der Waals surface area contributed by atoms with E-state index in [0.717, 1.165) is 22.4 Å². The summed E-state index contributed by atoms with van der Waals surface area (Å²) in [7, 11) is 0. The molecule has 0 aliphatic carbocycles. The molecule has 3 rings (SSSR count). The fraction of sp³-hybridized carbons (Fsp3) is 0. The molecule has 3 heterocycles. The van der Waals surface area contributed by atoms with Crippen molar-refractivity contribution in [2.45, 2.75) is 0 Å². The number of fused-ring (bicyclic) bond motifs is 1. The summed E-state index contributed by atoms with van der Waals surface area (Å²) in [6.45, 7) is 0.